The first-order valence-electron chi connectivity index (χ1n) is 12.5. The Morgan fingerprint density at radius 3 is 2.79 bits per heavy atom. The zero-order valence-corrected chi connectivity index (χ0v) is 20.4. The van der Waals surface area contributed by atoms with Gasteiger partial charge < -0.3 is 10.0 Å². The fraction of sp³-hybridized carbons (Fsp3) is 0.536. The van der Waals surface area contributed by atoms with Gasteiger partial charge in [-0.2, -0.15) is 5.26 Å². The minimum atomic E-state index is -0.579. The van der Waals surface area contributed by atoms with Crippen LogP contribution < -0.4 is 4.90 Å². The fourth-order valence-corrected chi connectivity index (χ4v) is 7.08. The van der Waals surface area contributed by atoms with Crippen LogP contribution in [0.3, 0.4) is 0 Å². The zero-order chi connectivity index (χ0) is 23.8. The summed E-state index contributed by atoms with van der Waals surface area (Å²) in [5.74, 6) is 1.94. The van der Waals surface area contributed by atoms with Crippen molar-refractivity contribution in [1.29, 1.82) is 5.26 Å². The molecule has 2 aromatic heterocycles. The molecule has 1 N–H and O–H groups in total. The van der Waals surface area contributed by atoms with Crippen molar-refractivity contribution >= 4 is 5.82 Å². The van der Waals surface area contributed by atoms with E-state index in [1.54, 1.807) is 6.08 Å². The van der Waals surface area contributed by atoms with E-state index in [2.05, 4.69) is 48.2 Å². The highest BCUT2D eigenvalue weighted by Gasteiger charge is 2.55. The molecule has 3 fully saturated rings. The Hall–Kier alpha value is -2.75. The third-order valence-corrected chi connectivity index (χ3v) is 9.38. The van der Waals surface area contributed by atoms with Crippen LogP contribution in [0.25, 0.3) is 11.1 Å². The average molecular weight is 456 g/mol. The number of anilines is 1. The van der Waals surface area contributed by atoms with Gasteiger partial charge in [0.15, 0.2) is 0 Å². The van der Waals surface area contributed by atoms with E-state index < -0.39 is 6.23 Å². The van der Waals surface area contributed by atoms with Crippen LogP contribution in [0.1, 0.15) is 55.0 Å². The number of nitriles is 1. The Morgan fingerprint density at radius 2 is 2.12 bits per heavy atom. The number of aromatic nitrogens is 2. The van der Waals surface area contributed by atoms with Crippen LogP contribution in [0.5, 0.6) is 0 Å². The van der Waals surface area contributed by atoms with Crippen LogP contribution in [0.15, 0.2) is 31.1 Å². The lowest BCUT2D eigenvalue weighted by Gasteiger charge is -2.57. The second kappa shape index (κ2) is 7.37. The number of likely N-dealkylation sites (tertiary alicyclic amines) is 1. The Labute approximate surface area is 201 Å². The van der Waals surface area contributed by atoms with Crippen molar-refractivity contribution in [3.8, 4) is 17.2 Å². The van der Waals surface area contributed by atoms with Crippen molar-refractivity contribution in [2.45, 2.75) is 52.2 Å². The van der Waals surface area contributed by atoms with E-state index in [0.717, 1.165) is 61.5 Å². The summed E-state index contributed by atoms with van der Waals surface area (Å²) in [5, 5.41) is 20.6. The van der Waals surface area contributed by atoms with Crippen molar-refractivity contribution in [3.63, 3.8) is 0 Å². The zero-order valence-electron chi connectivity index (χ0n) is 20.4. The second-order valence-electron chi connectivity index (χ2n) is 11.6. The lowest BCUT2D eigenvalue weighted by molar-refractivity contribution is -0.0786. The lowest BCUT2D eigenvalue weighted by atomic mass is 9.48. The maximum Gasteiger partial charge on any atom is 0.147 e. The van der Waals surface area contributed by atoms with Crippen LogP contribution in [-0.2, 0) is 6.42 Å². The predicted octanol–water partition coefficient (Wildman–Crippen LogP) is 4.03. The fourth-order valence-electron chi connectivity index (χ4n) is 7.08. The number of pyridine rings is 2. The van der Waals surface area contributed by atoms with Gasteiger partial charge in [-0.15, -0.1) is 0 Å². The molecule has 6 nitrogen and oxygen atoms in total. The topological polar surface area (TPSA) is 76.3 Å². The van der Waals surface area contributed by atoms with Gasteiger partial charge in [0, 0.05) is 61.0 Å². The van der Waals surface area contributed by atoms with Gasteiger partial charge in [0.1, 0.15) is 23.7 Å². The summed E-state index contributed by atoms with van der Waals surface area (Å²) in [6, 6.07) is 4.61. The third kappa shape index (κ3) is 2.93. The molecule has 3 aliphatic carbocycles. The quantitative estimate of drug-likeness (QED) is 0.702. The van der Waals surface area contributed by atoms with E-state index in [1.807, 2.05) is 18.5 Å². The largest absolute Gasteiger partial charge is 0.375 e. The van der Waals surface area contributed by atoms with Gasteiger partial charge in [0.25, 0.3) is 0 Å². The normalized spacial score (nSPS) is 26.9. The molecular formula is C28H33N5O. The third-order valence-electron chi connectivity index (χ3n) is 9.38. The molecule has 1 spiro atoms. The van der Waals surface area contributed by atoms with Crippen LogP contribution in [0.4, 0.5) is 5.82 Å². The Bertz CT molecular complexity index is 1220. The van der Waals surface area contributed by atoms with E-state index >= 15 is 0 Å². The van der Waals surface area contributed by atoms with Gasteiger partial charge >= 0.3 is 0 Å². The molecule has 6 heteroatoms. The van der Waals surface area contributed by atoms with Gasteiger partial charge in [-0.05, 0) is 60.8 Å². The van der Waals surface area contributed by atoms with Crippen molar-refractivity contribution in [1.82, 2.24) is 14.9 Å². The van der Waals surface area contributed by atoms with Gasteiger partial charge in [0.05, 0.1) is 5.69 Å². The highest BCUT2D eigenvalue weighted by molar-refractivity contribution is 5.82. The van der Waals surface area contributed by atoms with Crippen molar-refractivity contribution in [3.05, 3.63) is 53.5 Å². The number of hydrogen-bond acceptors (Lipinski definition) is 6. The standard InChI is InChI=1S/C28H33N5O/c1-5-23(34)33-15-28(16-33)7-9-32(14-28)26-20(12-29)24(21-13-30-8-6-17(21)2)19-10-18-11-22(25(19)31-26)27(18,3)4/h5-6,8,13,18,22-23,34H,1,7,9-11,14-16H2,2-4H3/t18-,22-,23?/m0/s1. The maximum absolute atomic E-state index is 10.5. The summed E-state index contributed by atoms with van der Waals surface area (Å²) in [5.41, 5.74) is 6.87. The van der Waals surface area contributed by atoms with Crippen LogP contribution >= 0.6 is 0 Å². The summed E-state index contributed by atoms with van der Waals surface area (Å²) in [4.78, 5) is 14.1. The number of hydrogen-bond donors (Lipinski definition) is 1. The smallest absolute Gasteiger partial charge is 0.147 e. The lowest BCUT2D eigenvalue weighted by Crippen LogP contribution is -2.60. The molecule has 2 bridgehead atoms. The molecular weight excluding hydrogens is 422 g/mol. The molecule has 1 unspecified atom stereocenters. The summed E-state index contributed by atoms with van der Waals surface area (Å²) in [6.45, 7) is 14.1. The summed E-state index contributed by atoms with van der Waals surface area (Å²) >= 11 is 0. The van der Waals surface area contributed by atoms with E-state index in [9.17, 15) is 10.4 Å². The van der Waals surface area contributed by atoms with Crippen molar-refractivity contribution in [2.75, 3.05) is 31.1 Å². The Kier molecular flexibility index (Phi) is 4.72. The average Bonchev–Trinajstić information content (AvgIpc) is 3.27. The summed E-state index contributed by atoms with van der Waals surface area (Å²) in [6.07, 6.45) is 8.00. The summed E-state index contributed by atoms with van der Waals surface area (Å²) in [7, 11) is 0. The van der Waals surface area contributed by atoms with E-state index in [-0.39, 0.29) is 10.8 Å². The first kappa shape index (κ1) is 21.8. The molecule has 34 heavy (non-hydrogen) atoms. The Balaban J connectivity index is 1.45. The molecule has 4 heterocycles. The maximum atomic E-state index is 10.5. The minimum absolute atomic E-state index is 0.152. The van der Waals surface area contributed by atoms with Crippen LogP contribution in [0.2, 0.25) is 0 Å². The first-order chi connectivity index (χ1) is 16.3. The molecule has 2 aliphatic heterocycles. The molecule has 7 rings (SSSR count). The molecule has 0 aromatic carbocycles. The van der Waals surface area contributed by atoms with Gasteiger partial charge in [-0.3, -0.25) is 9.88 Å². The molecule has 5 aliphatic rings. The molecule has 2 aromatic rings. The number of aliphatic hydroxyl groups excluding tert-OH is 1. The number of aliphatic hydroxyl groups is 1. The minimum Gasteiger partial charge on any atom is -0.375 e. The molecule has 2 saturated heterocycles. The van der Waals surface area contributed by atoms with E-state index in [0.29, 0.717) is 17.4 Å². The number of rotatable bonds is 4. The molecule has 3 atom stereocenters. The molecule has 0 amide bonds. The SMILES string of the molecule is C=CC(O)N1CC2(CCN(c3nc4c(c(-c5cnccc5C)c3C#N)C[C@H]3C[C@@H]4C3(C)C)C2)C1. The predicted molar refractivity (Wildman–Crippen MR) is 132 cm³/mol. The first-order valence-corrected chi connectivity index (χ1v) is 12.5. The highest BCUT2D eigenvalue weighted by Crippen LogP contribution is 2.63. The van der Waals surface area contributed by atoms with Gasteiger partial charge in [-0.25, -0.2) is 4.98 Å². The molecule has 1 saturated carbocycles. The van der Waals surface area contributed by atoms with Gasteiger partial charge in [-0.1, -0.05) is 20.4 Å². The monoisotopic (exact) mass is 455 g/mol. The number of aryl methyl sites for hydroxylation is 1. The molecule has 0 radical (unpaired) electrons. The van der Waals surface area contributed by atoms with E-state index in [1.165, 1.54) is 17.7 Å². The Morgan fingerprint density at radius 1 is 1.32 bits per heavy atom. The second-order valence-corrected chi connectivity index (χ2v) is 11.6. The van der Waals surface area contributed by atoms with Crippen LogP contribution in [0, 0.1) is 35.0 Å². The van der Waals surface area contributed by atoms with Crippen LogP contribution in [-0.4, -0.2) is 52.4 Å². The highest BCUT2D eigenvalue weighted by atomic mass is 16.3. The van der Waals surface area contributed by atoms with Crippen molar-refractivity contribution < 1.29 is 5.11 Å². The van der Waals surface area contributed by atoms with Gasteiger partial charge in [0.2, 0.25) is 0 Å². The van der Waals surface area contributed by atoms with Crippen molar-refractivity contribution in [2.24, 2.45) is 16.7 Å². The number of nitrogens with zero attached hydrogens (tertiary/aromatic N) is 5. The van der Waals surface area contributed by atoms with E-state index in [4.69, 9.17) is 4.98 Å². The summed E-state index contributed by atoms with van der Waals surface area (Å²) < 4.78 is 0. The molecule has 176 valence electrons.